The third-order valence-electron chi connectivity index (χ3n) is 2.72. The standard InChI is InChI=1S/C16H11O/c1-3-7-13(8-4-1)15-11-12-17-16(15)14-9-5-2-6-10-14/h1-5,7-12H. The average molecular weight is 219 g/mol. The summed E-state index contributed by atoms with van der Waals surface area (Å²) in [5, 5.41) is 0. The van der Waals surface area contributed by atoms with Gasteiger partial charge in [-0.05, 0) is 23.8 Å². The molecule has 1 heterocycles. The molecule has 0 saturated heterocycles. The molecule has 2 aromatic carbocycles. The van der Waals surface area contributed by atoms with Crippen LogP contribution in [0.15, 0.2) is 71.3 Å². The smallest absolute Gasteiger partial charge is 0.141 e. The highest BCUT2D eigenvalue weighted by molar-refractivity contribution is 5.79. The predicted octanol–water partition coefficient (Wildman–Crippen LogP) is 4.41. The second kappa shape index (κ2) is 4.30. The summed E-state index contributed by atoms with van der Waals surface area (Å²) >= 11 is 0. The molecule has 1 heteroatoms. The van der Waals surface area contributed by atoms with Crippen molar-refractivity contribution in [1.82, 2.24) is 0 Å². The number of furan rings is 1. The molecular weight excluding hydrogens is 208 g/mol. The van der Waals surface area contributed by atoms with Crippen LogP contribution in [0, 0.1) is 6.07 Å². The van der Waals surface area contributed by atoms with Crippen molar-refractivity contribution >= 4 is 0 Å². The Labute approximate surface area is 100 Å². The summed E-state index contributed by atoms with van der Waals surface area (Å²) in [5.41, 5.74) is 3.33. The largest absolute Gasteiger partial charge is 0.464 e. The Kier molecular flexibility index (Phi) is 2.51. The zero-order valence-electron chi connectivity index (χ0n) is 9.26. The Hall–Kier alpha value is -2.28. The monoisotopic (exact) mass is 219 g/mol. The van der Waals surface area contributed by atoms with Gasteiger partial charge in [0.2, 0.25) is 0 Å². The van der Waals surface area contributed by atoms with Crippen molar-refractivity contribution in [1.29, 1.82) is 0 Å². The molecule has 17 heavy (non-hydrogen) atoms. The molecule has 0 aliphatic heterocycles. The van der Waals surface area contributed by atoms with Gasteiger partial charge in [0.05, 0.1) is 6.26 Å². The highest BCUT2D eigenvalue weighted by Gasteiger charge is 2.09. The van der Waals surface area contributed by atoms with Crippen LogP contribution in [0.3, 0.4) is 0 Å². The molecule has 1 radical (unpaired) electrons. The molecule has 0 atom stereocenters. The van der Waals surface area contributed by atoms with E-state index in [1.165, 1.54) is 5.56 Å². The first-order valence-corrected chi connectivity index (χ1v) is 5.54. The van der Waals surface area contributed by atoms with Gasteiger partial charge in [-0.1, -0.05) is 48.5 Å². The van der Waals surface area contributed by atoms with E-state index in [2.05, 4.69) is 18.2 Å². The second-order valence-electron chi connectivity index (χ2n) is 3.82. The molecule has 0 unspecified atom stereocenters. The Bertz CT molecular complexity index is 540. The van der Waals surface area contributed by atoms with Crippen LogP contribution in [0.5, 0.6) is 0 Å². The van der Waals surface area contributed by atoms with Crippen molar-refractivity contribution in [3.63, 3.8) is 0 Å². The average Bonchev–Trinajstić information content (AvgIpc) is 2.90. The van der Waals surface area contributed by atoms with Gasteiger partial charge in [-0.15, -0.1) is 0 Å². The maximum Gasteiger partial charge on any atom is 0.141 e. The molecule has 0 N–H and O–H groups in total. The van der Waals surface area contributed by atoms with Gasteiger partial charge in [0, 0.05) is 11.1 Å². The molecule has 0 saturated carbocycles. The minimum Gasteiger partial charge on any atom is -0.464 e. The first-order chi connectivity index (χ1) is 8.45. The number of benzene rings is 2. The summed E-state index contributed by atoms with van der Waals surface area (Å²) < 4.78 is 5.59. The molecule has 0 spiro atoms. The van der Waals surface area contributed by atoms with Crippen LogP contribution >= 0.6 is 0 Å². The summed E-state index contributed by atoms with van der Waals surface area (Å²) in [6.07, 6.45) is 1.73. The quantitative estimate of drug-likeness (QED) is 0.622. The molecule has 1 aromatic heterocycles. The predicted molar refractivity (Wildman–Crippen MR) is 68.4 cm³/mol. The Morgan fingerprint density at radius 3 is 2.41 bits per heavy atom. The molecule has 0 aliphatic carbocycles. The highest BCUT2D eigenvalue weighted by Crippen LogP contribution is 2.32. The van der Waals surface area contributed by atoms with Gasteiger partial charge in [-0.2, -0.15) is 0 Å². The maximum atomic E-state index is 5.59. The Balaban J connectivity index is 2.13. The molecule has 0 amide bonds. The van der Waals surface area contributed by atoms with Crippen LogP contribution in [0.2, 0.25) is 0 Å². The van der Waals surface area contributed by atoms with Crippen LogP contribution in [0.1, 0.15) is 0 Å². The van der Waals surface area contributed by atoms with E-state index >= 15 is 0 Å². The van der Waals surface area contributed by atoms with Crippen LogP contribution in [-0.4, -0.2) is 0 Å². The van der Waals surface area contributed by atoms with E-state index < -0.39 is 0 Å². The fourth-order valence-electron chi connectivity index (χ4n) is 1.91. The first kappa shape index (κ1) is 9.91. The lowest BCUT2D eigenvalue weighted by atomic mass is 10.0. The van der Waals surface area contributed by atoms with Crippen molar-refractivity contribution < 1.29 is 4.42 Å². The lowest BCUT2D eigenvalue weighted by Gasteiger charge is -2.02. The van der Waals surface area contributed by atoms with Gasteiger partial charge < -0.3 is 4.42 Å². The topological polar surface area (TPSA) is 13.1 Å². The number of hydrogen-bond acceptors (Lipinski definition) is 1. The minimum absolute atomic E-state index is 0.896. The zero-order valence-corrected chi connectivity index (χ0v) is 9.26. The summed E-state index contributed by atoms with van der Waals surface area (Å²) in [4.78, 5) is 0. The molecule has 81 valence electrons. The minimum atomic E-state index is 0.896. The third-order valence-corrected chi connectivity index (χ3v) is 2.72. The van der Waals surface area contributed by atoms with Crippen LogP contribution in [0.4, 0.5) is 0 Å². The Morgan fingerprint density at radius 2 is 1.65 bits per heavy atom. The van der Waals surface area contributed by atoms with Crippen LogP contribution < -0.4 is 0 Å². The van der Waals surface area contributed by atoms with Gasteiger partial charge in [-0.25, -0.2) is 0 Å². The van der Waals surface area contributed by atoms with E-state index in [-0.39, 0.29) is 0 Å². The van der Waals surface area contributed by atoms with Crippen molar-refractivity contribution in [3.05, 3.63) is 73.0 Å². The Morgan fingerprint density at radius 1 is 0.824 bits per heavy atom. The zero-order chi connectivity index (χ0) is 11.5. The van der Waals surface area contributed by atoms with Crippen LogP contribution in [0.25, 0.3) is 22.5 Å². The van der Waals surface area contributed by atoms with Crippen LogP contribution in [-0.2, 0) is 0 Å². The van der Waals surface area contributed by atoms with E-state index in [4.69, 9.17) is 4.42 Å². The van der Waals surface area contributed by atoms with Gasteiger partial charge in [0.1, 0.15) is 5.76 Å². The van der Waals surface area contributed by atoms with Gasteiger partial charge in [-0.3, -0.25) is 0 Å². The molecule has 1 nitrogen and oxygen atoms in total. The van der Waals surface area contributed by atoms with E-state index in [0.29, 0.717) is 0 Å². The van der Waals surface area contributed by atoms with Gasteiger partial charge in [0.25, 0.3) is 0 Å². The molecular formula is C16H11O. The third kappa shape index (κ3) is 1.87. The lowest BCUT2D eigenvalue weighted by molar-refractivity contribution is 0.583. The van der Waals surface area contributed by atoms with E-state index in [1.807, 2.05) is 48.5 Å². The first-order valence-electron chi connectivity index (χ1n) is 5.54. The summed E-state index contributed by atoms with van der Waals surface area (Å²) in [6, 6.07) is 23.1. The number of hydrogen-bond donors (Lipinski definition) is 0. The van der Waals surface area contributed by atoms with E-state index in [0.717, 1.165) is 16.9 Å². The molecule has 3 rings (SSSR count). The second-order valence-corrected chi connectivity index (χ2v) is 3.82. The maximum absolute atomic E-state index is 5.59. The van der Waals surface area contributed by atoms with Crippen molar-refractivity contribution in [3.8, 4) is 22.5 Å². The lowest BCUT2D eigenvalue weighted by Crippen LogP contribution is -1.79. The van der Waals surface area contributed by atoms with E-state index in [1.54, 1.807) is 6.26 Å². The SMILES string of the molecule is [c]1cccc(-c2occc2-c2ccccc2)c1. The normalized spacial score (nSPS) is 10.4. The summed E-state index contributed by atoms with van der Waals surface area (Å²) in [6.45, 7) is 0. The highest BCUT2D eigenvalue weighted by atomic mass is 16.3. The van der Waals surface area contributed by atoms with Gasteiger partial charge >= 0.3 is 0 Å². The van der Waals surface area contributed by atoms with Crippen molar-refractivity contribution in [2.24, 2.45) is 0 Å². The fraction of sp³-hybridized carbons (Fsp3) is 0. The van der Waals surface area contributed by atoms with Gasteiger partial charge in [0.15, 0.2) is 0 Å². The molecule has 0 fully saturated rings. The fourth-order valence-corrected chi connectivity index (χ4v) is 1.91. The molecule has 0 aliphatic rings. The summed E-state index contributed by atoms with van der Waals surface area (Å²) in [7, 11) is 0. The molecule has 0 bridgehead atoms. The molecule has 3 aromatic rings. The van der Waals surface area contributed by atoms with Crippen molar-refractivity contribution in [2.45, 2.75) is 0 Å². The van der Waals surface area contributed by atoms with Crippen molar-refractivity contribution in [2.75, 3.05) is 0 Å². The number of rotatable bonds is 2. The summed E-state index contributed by atoms with van der Waals surface area (Å²) in [5.74, 6) is 0.896. The van der Waals surface area contributed by atoms with E-state index in [9.17, 15) is 0 Å².